The number of amidine groups is 1. The third-order valence-corrected chi connectivity index (χ3v) is 6.31. The highest BCUT2D eigenvalue weighted by Gasteiger charge is 2.29. The Balaban J connectivity index is 0.00000181. The summed E-state index contributed by atoms with van der Waals surface area (Å²) in [5, 5.41) is 3.63. The first-order valence-electron chi connectivity index (χ1n) is 11.1. The number of rotatable bonds is 5. The number of likely N-dealkylation sites (N-methyl/N-ethyl adjacent to an activating group) is 1. The maximum atomic E-state index is 5.28. The predicted octanol–water partition coefficient (Wildman–Crippen LogP) is 5.83. The molecule has 176 valence electrons. The van der Waals surface area contributed by atoms with Crippen LogP contribution >= 0.6 is 24.8 Å². The SMILES string of the molecule is COCCCC1CN(C2=Nc3ccccc3Nc3ccc(C(C)C)cc32)CCN1C.Cl.Cl. The van der Waals surface area contributed by atoms with E-state index in [2.05, 4.69) is 78.5 Å². The second-order valence-corrected chi connectivity index (χ2v) is 8.75. The molecule has 5 nitrogen and oxygen atoms in total. The number of hydrogen-bond acceptors (Lipinski definition) is 5. The number of para-hydroxylation sites is 2. The molecule has 0 radical (unpaired) electrons. The lowest BCUT2D eigenvalue weighted by Crippen LogP contribution is -2.53. The highest BCUT2D eigenvalue weighted by atomic mass is 35.5. The van der Waals surface area contributed by atoms with Crippen LogP contribution in [0, 0.1) is 0 Å². The number of halogens is 2. The third-order valence-electron chi connectivity index (χ3n) is 6.31. The van der Waals surface area contributed by atoms with Crippen LogP contribution in [0.3, 0.4) is 0 Å². The average Bonchev–Trinajstić information content (AvgIpc) is 2.91. The molecule has 2 aromatic carbocycles. The van der Waals surface area contributed by atoms with E-state index in [1.54, 1.807) is 7.11 Å². The number of nitrogens with zero attached hydrogens (tertiary/aromatic N) is 3. The number of piperazine rings is 1. The van der Waals surface area contributed by atoms with E-state index in [0.29, 0.717) is 12.0 Å². The molecule has 0 aromatic heterocycles. The minimum atomic E-state index is 0. The first-order valence-corrected chi connectivity index (χ1v) is 11.1. The summed E-state index contributed by atoms with van der Waals surface area (Å²) >= 11 is 0. The monoisotopic (exact) mass is 478 g/mol. The van der Waals surface area contributed by atoms with Crippen LogP contribution in [0.25, 0.3) is 0 Å². The van der Waals surface area contributed by atoms with E-state index < -0.39 is 0 Å². The largest absolute Gasteiger partial charge is 0.385 e. The molecule has 0 saturated carbocycles. The Kier molecular flexibility index (Phi) is 9.83. The molecule has 4 rings (SSSR count). The summed E-state index contributed by atoms with van der Waals surface area (Å²) in [6.07, 6.45) is 2.23. The van der Waals surface area contributed by atoms with Crippen molar-refractivity contribution in [1.29, 1.82) is 0 Å². The molecule has 1 saturated heterocycles. The van der Waals surface area contributed by atoms with E-state index in [1.165, 1.54) is 11.1 Å². The number of nitrogens with one attached hydrogen (secondary N) is 1. The minimum absolute atomic E-state index is 0. The van der Waals surface area contributed by atoms with Gasteiger partial charge in [-0.1, -0.05) is 32.0 Å². The predicted molar refractivity (Wildman–Crippen MR) is 140 cm³/mol. The van der Waals surface area contributed by atoms with Crippen LogP contribution in [0.4, 0.5) is 17.1 Å². The van der Waals surface area contributed by atoms with E-state index in [4.69, 9.17) is 9.73 Å². The lowest BCUT2D eigenvalue weighted by molar-refractivity contribution is 0.119. The smallest absolute Gasteiger partial charge is 0.138 e. The first kappa shape index (κ1) is 26.5. The molecule has 7 heteroatoms. The quantitative estimate of drug-likeness (QED) is 0.548. The van der Waals surface area contributed by atoms with Gasteiger partial charge in [-0.05, 0) is 55.6 Å². The normalized spacial score (nSPS) is 17.8. The summed E-state index contributed by atoms with van der Waals surface area (Å²) in [5.74, 6) is 1.58. The van der Waals surface area contributed by atoms with Crippen molar-refractivity contribution in [3.8, 4) is 0 Å². The Bertz CT molecular complexity index is 919. The molecule has 1 fully saturated rings. The molecule has 0 bridgehead atoms. The van der Waals surface area contributed by atoms with Gasteiger partial charge in [-0.25, -0.2) is 4.99 Å². The van der Waals surface area contributed by atoms with E-state index in [1.807, 2.05) is 0 Å². The van der Waals surface area contributed by atoms with E-state index in [9.17, 15) is 0 Å². The van der Waals surface area contributed by atoms with Gasteiger partial charge in [0.2, 0.25) is 0 Å². The fraction of sp³-hybridized carbons (Fsp3) is 0.480. The molecule has 0 amide bonds. The number of aliphatic imine (C=N–C) groups is 1. The van der Waals surface area contributed by atoms with Gasteiger partial charge >= 0.3 is 0 Å². The minimum Gasteiger partial charge on any atom is -0.385 e. The van der Waals surface area contributed by atoms with Crippen molar-refractivity contribution < 1.29 is 4.74 Å². The Morgan fingerprint density at radius 3 is 2.62 bits per heavy atom. The van der Waals surface area contributed by atoms with Crippen LogP contribution in [0.2, 0.25) is 0 Å². The molecule has 2 aliphatic heterocycles. The number of fused-ring (bicyclic) bond motifs is 2. The highest BCUT2D eigenvalue weighted by Crippen LogP contribution is 2.36. The van der Waals surface area contributed by atoms with Gasteiger partial charge in [-0.2, -0.15) is 0 Å². The number of methoxy groups -OCH3 is 1. The van der Waals surface area contributed by atoms with Crippen molar-refractivity contribution >= 4 is 47.7 Å². The van der Waals surface area contributed by atoms with Gasteiger partial charge in [0.15, 0.2) is 0 Å². The van der Waals surface area contributed by atoms with Crippen molar-refractivity contribution in [1.82, 2.24) is 9.80 Å². The lowest BCUT2D eigenvalue weighted by atomic mass is 9.98. The summed E-state index contributed by atoms with van der Waals surface area (Å²) in [6, 6.07) is 15.6. The van der Waals surface area contributed by atoms with Crippen LogP contribution in [0.15, 0.2) is 47.5 Å². The zero-order chi connectivity index (χ0) is 21.1. The highest BCUT2D eigenvalue weighted by molar-refractivity contribution is 6.08. The van der Waals surface area contributed by atoms with E-state index >= 15 is 0 Å². The summed E-state index contributed by atoms with van der Waals surface area (Å²) in [7, 11) is 4.02. The topological polar surface area (TPSA) is 40.1 Å². The Labute approximate surface area is 205 Å². The van der Waals surface area contributed by atoms with Gasteiger partial charge in [-0.3, -0.25) is 4.90 Å². The van der Waals surface area contributed by atoms with Crippen LogP contribution in [-0.4, -0.2) is 62.1 Å². The number of benzene rings is 2. The molecule has 1 atom stereocenters. The second-order valence-electron chi connectivity index (χ2n) is 8.75. The van der Waals surface area contributed by atoms with Gasteiger partial charge in [-0.15, -0.1) is 24.8 Å². The number of hydrogen-bond donors (Lipinski definition) is 1. The van der Waals surface area contributed by atoms with Gasteiger partial charge < -0.3 is 15.0 Å². The van der Waals surface area contributed by atoms with Gasteiger partial charge in [0, 0.05) is 50.6 Å². The summed E-state index contributed by atoms with van der Waals surface area (Å²) < 4.78 is 5.28. The summed E-state index contributed by atoms with van der Waals surface area (Å²) in [5.41, 5.74) is 5.76. The zero-order valence-corrected chi connectivity index (χ0v) is 21.1. The van der Waals surface area contributed by atoms with Crippen LogP contribution in [0.5, 0.6) is 0 Å². The molecule has 0 spiro atoms. The fourth-order valence-electron chi connectivity index (χ4n) is 4.37. The third kappa shape index (κ3) is 5.76. The molecule has 32 heavy (non-hydrogen) atoms. The van der Waals surface area contributed by atoms with Crippen molar-refractivity contribution in [3.63, 3.8) is 0 Å². The molecule has 1 unspecified atom stereocenters. The average molecular weight is 479 g/mol. The standard InChI is InChI=1S/C25H34N4O.2ClH/c1-18(2)19-11-12-22-21(16-19)25(27-24-10-6-5-9-23(24)26-22)29-14-13-28(3)20(17-29)8-7-15-30-4;;/h5-6,9-12,16,18,20,26H,7-8,13-15,17H2,1-4H3;2*1H. The zero-order valence-electron chi connectivity index (χ0n) is 19.5. The number of ether oxygens (including phenoxy) is 1. The van der Waals surface area contributed by atoms with Crippen molar-refractivity contribution in [2.24, 2.45) is 4.99 Å². The fourth-order valence-corrected chi connectivity index (χ4v) is 4.37. The molecular weight excluding hydrogens is 443 g/mol. The molecule has 2 aromatic rings. The van der Waals surface area contributed by atoms with Crippen molar-refractivity contribution in [3.05, 3.63) is 53.6 Å². The Hall–Kier alpha value is -1.79. The first-order chi connectivity index (χ1) is 14.6. The molecule has 0 aliphatic carbocycles. The molecule has 1 N–H and O–H groups in total. The van der Waals surface area contributed by atoms with Crippen LogP contribution < -0.4 is 5.32 Å². The summed E-state index contributed by atoms with van der Waals surface area (Å²) in [4.78, 5) is 10.2. The number of anilines is 2. The molecular formula is C25H36Cl2N4O. The van der Waals surface area contributed by atoms with E-state index in [-0.39, 0.29) is 24.8 Å². The van der Waals surface area contributed by atoms with Crippen LogP contribution in [-0.2, 0) is 4.74 Å². The van der Waals surface area contributed by atoms with E-state index in [0.717, 1.165) is 62.0 Å². The van der Waals surface area contributed by atoms with Crippen molar-refractivity contribution in [2.75, 3.05) is 45.7 Å². The second kappa shape index (κ2) is 11.9. The van der Waals surface area contributed by atoms with Crippen molar-refractivity contribution in [2.45, 2.75) is 38.6 Å². The maximum absolute atomic E-state index is 5.28. The maximum Gasteiger partial charge on any atom is 0.138 e. The van der Waals surface area contributed by atoms with Gasteiger partial charge in [0.1, 0.15) is 5.84 Å². The van der Waals surface area contributed by atoms with Gasteiger partial charge in [0.25, 0.3) is 0 Å². The Morgan fingerprint density at radius 2 is 1.88 bits per heavy atom. The summed E-state index contributed by atoms with van der Waals surface area (Å²) in [6.45, 7) is 8.35. The van der Waals surface area contributed by atoms with Crippen LogP contribution in [0.1, 0.15) is 43.7 Å². The van der Waals surface area contributed by atoms with Gasteiger partial charge in [0.05, 0.1) is 11.4 Å². The molecule has 2 heterocycles. The lowest BCUT2D eigenvalue weighted by Gasteiger charge is -2.41. The molecule has 2 aliphatic rings. The Morgan fingerprint density at radius 1 is 1.09 bits per heavy atom.